The molecule has 4 rings (SSSR count). The van der Waals surface area contributed by atoms with E-state index in [1.54, 1.807) is 12.1 Å². The molecule has 0 saturated heterocycles. The molecule has 1 N–H and O–H groups in total. The Morgan fingerprint density at radius 1 is 1.16 bits per heavy atom. The fourth-order valence-corrected chi connectivity index (χ4v) is 4.42. The molecule has 0 aliphatic heterocycles. The number of nitrogens with zero attached hydrogens (tertiary/aromatic N) is 3. The summed E-state index contributed by atoms with van der Waals surface area (Å²) in [7, 11) is 1.22. The number of alkyl halides is 4. The van der Waals surface area contributed by atoms with Crippen molar-refractivity contribution in [2.45, 2.75) is 12.9 Å². The van der Waals surface area contributed by atoms with Gasteiger partial charge in [-0.2, -0.15) is 5.10 Å². The third-order valence-electron chi connectivity index (χ3n) is 4.41. The van der Waals surface area contributed by atoms with Gasteiger partial charge in [-0.15, -0.1) is 11.3 Å². The zero-order chi connectivity index (χ0) is 23.2. The van der Waals surface area contributed by atoms with Gasteiger partial charge >= 0.3 is 5.97 Å². The molecule has 0 aliphatic carbocycles. The Morgan fingerprint density at radius 3 is 2.56 bits per heavy atom. The third kappa shape index (κ3) is 3.86. The Kier molecular flexibility index (Phi) is 5.73. The molecule has 0 radical (unpaired) electrons. The maximum atomic E-state index is 13.3. The van der Waals surface area contributed by atoms with Crippen molar-refractivity contribution in [3.8, 4) is 0 Å². The van der Waals surface area contributed by atoms with Gasteiger partial charge in [0.2, 0.25) is 0 Å². The summed E-state index contributed by atoms with van der Waals surface area (Å²) < 4.78 is 58.4. The summed E-state index contributed by atoms with van der Waals surface area (Å²) in [6.45, 7) is 0. The number of ether oxygens (including phenoxy) is 1. The predicted molar refractivity (Wildman–Crippen MR) is 109 cm³/mol. The smallest absolute Gasteiger partial charge is 0.349 e. The van der Waals surface area contributed by atoms with Crippen molar-refractivity contribution in [3.63, 3.8) is 0 Å². The van der Waals surface area contributed by atoms with Crippen molar-refractivity contribution in [2.75, 3.05) is 12.4 Å². The lowest BCUT2D eigenvalue weighted by Gasteiger charge is -2.06. The SMILES string of the molecule is COC(=O)c1sc2cc(NC(=O)c3cc4nc(C(F)F)cc(C(F)F)n4n3)ccc2c1Cl. The number of aromatic nitrogens is 3. The van der Waals surface area contributed by atoms with Crippen LogP contribution in [0.4, 0.5) is 23.2 Å². The number of fused-ring (bicyclic) bond motifs is 2. The third-order valence-corrected chi connectivity index (χ3v) is 6.05. The lowest BCUT2D eigenvalue weighted by atomic mass is 10.2. The molecule has 0 unspecified atom stereocenters. The number of hydrogen-bond acceptors (Lipinski definition) is 6. The van der Waals surface area contributed by atoms with E-state index in [2.05, 4.69) is 20.1 Å². The second kappa shape index (κ2) is 8.36. The topological polar surface area (TPSA) is 85.6 Å². The van der Waals surface area contributed by atoms with E-state index in [1.807, 2.05) is 0 Å². The van der Waals surface area contributed by atoms with Crippen LogP contribution in [0.2, 0.25) is 5.02 Å². The number of halogens is 5. The highest BCUT2D eigenvalue weighted by Crippen LogP contribution is 2.37. The minimum Gasteiger partial charge on any atom is -0.465 e. The Balaban J connectivity index is 1.67. The summed E-state index contributed by atoms with van der Waals surface area (Å²) in [6, 6.07) is 6.25. The lowest BCUT2D eigenvalue weighted by molar-refractivity contribution is 0.0606. The maximum absolute atomic E-state index is 13.3. The monoisotopic (exact) mass is 486 g/mol. The average Bonchev–Trinajstić information content (AvgIpc) is 3.33. The van der Waals surface area contributed by atoms with E-state index in [9.17, 15) is 27.2 Å². The molecule has 32 heavy (non-hydrogen) atoms. The Bertz CT molecular complexity index is 1370. The first kappa shape index (κ1) is 22.0. The molecule has 3 heterocycles. The van der Waals surface area contributed by atoms with Crippen LogP contribution in [0.25, 0.3) is 15.7 Å². The van der Waals surface area contributed by atoms with Crippen molar-refractivity contribution in [2.24, 2.45) is 0 Å². The van der Waals surface area contributed by atoms with Crippen molar-refractivity contribution >= 4 is 56.2 Å². The molecule has 7 nitrogen and oxygen atoms in total. The summed E-state index contributed by atoms with van der Waals surface area (Å²) in [6.07, 6.45) is -6.17. The van der Waals surface area contributed by atoms with Gasteiger partial charge < -0.3 is 10.1 Å². The fourth-order valence-electron chi connectivity index (χ4n) is 2.96. The molecule has 0 bridgehead atoms. The molecule has 0 fully saturated rings. The number of nitrogens with one attached hydrogen (secondary N) is 1. The molecule has 1 aromatic carbocycles. The van der Waals surface area contributed by atoms with Gasteiger partial charge in [0.25, 0.3) is 18.8 Å². The molecule has 0 saturated carbocycles. The van der Waals surface area contributed by atoms with Crippen LogP contribution in [0.1, 0.15) is 44.4 Å². The van der Waals surface area contributed by atoms with Crippen molar-refractivity contribution in [1.82, 2.24) is 14.6 Å². The molecule has 166 valence electrons. The number of hydrogen-bond donors (Lipinski definition) is 1. The standard InChI is InChI=1S/C19H11ClF4N4O3S/c1-31-19(30)15-14(20)8-3-2-7(4-12(8)32-15)25-18(29)10-6-13-26-9(16(21)22)5-11(17(23)24)28(13)27-10/h2-6,16-17H,1H3,(H,25,29). The number of rotatable bonds is 5. The maximum Gasteiger partial charge on any atom is 0.349 e. The Labute approximate surface area is 185 Å². The van der Waals surface area contributed by atoms with Crippen LogP contribution in [0.3, 0.4) is 0 Å². The Hall–Kier alpha value is -3.25. The van der Waals surface area contributed by atoms with Crippen LogP contribution >= 0.6 is 22.9 Å². The highest BCUT2D eigenvalue weighted by molar-refractivity contribution is 7.21. The van der Waals surface area contributed by atoms with E-state index in [0.29, 0.717) is 26.4 Å². The molecule has 4 aromatic rings. The normalized spacial score (nSPS) is 11.6. The summed E-state index contributed by atoms with van der Waals surface area (Å²) in [5, 5.41) is 7.12. The second-order valence-electron chi connectivity index (χ2n) is 6.41. The van der Waals surface area contributed by atoms with E-state index in [1.165, 1.54) is 13.2 Å². The summed E-state index contributed by atoms with van der Waals surface area (Å²) in [5.74, 6) is -1.37. The molecule has 0 aliphatic rings. The van der Waals surface area contributed by atoms with E-state index in [4.69, 9.17) is 11.6 Å². The minimum absolute atomic E-state index is 0.202. The van der Waals surface area contributed by atoms with Crippen molar-refractivity contribution < 1.29 is 31.9 Å². The highest BCUT2D eigenvalue weighted by atomic mass is 35.5. The van der Waals surface area contributed by atoms with Crippen molar-refractivity contribution in [1.29, 1.82) is 0 Å². The molecule has 0 spiro atoms. The first-order chi connectivity index (χ1) is 15.2. The predicted octanol–water partition coefficient (Wildman–Crippen LogP) is 5.51. The first-order valence-electron chi connectivity index (χ1n) is 8.78. The second-order valence-corrected chi connectivity index (χ2v) is 7.84. The van der Waals surface area contributed by atoms with Gasteiger partial charge in [-0.25, -0.2) is 31.9 Å². The number of carbonyl (C=O) groups excluding carboxylic acids is 2. The van der Waals surface area contributed by atoms with E-state index < -0.39 is 36.1 Å². The quantitative estimate of drug-likeness (QED) is 0.297. The number of methoxy groups -OCH3 is 1. The summed E-state index contributed by atoms with van der Waals surface area (Å²) >= 11 is 7.26. The van der Waals surface area contributed by atoms with Crippen molar-refractivity contribution in [3.05, 3.63) is 57.3 Å². The zero-order valence-corrected chi connectivity index (χ0v) is 17.5. The zero-order valence-electron chi connectivity index (χ0n) is 15.9. The number of thiophene rings is 1. The van der Waals surface area contributed by atoms with Gasteiger partial charge in [0, 0.05) is 21.8 Å². The van der Waals surface area contributed by atoms with Gasteiger partial charge in [0.15, 0.2) is 11.3 Å². The molecule has 3 aromatic heterocycles. The number of esters is 1. The van der Waals surface area contributed by atoms with E-state index in [-0.39, 0.29) is 21.2 Å². The largest absolute Gasteiger partial charge is 0.465 e. The minimum atomic E-state index is -3.11. The molecular weight excluding hydrogens is 476 g/mol. The van der Waals surface area contributed by atoms with Crippen LogP contribution in [0, 0.1) is 0 Å². The van der Waals surface area contributed by atoms with E-state index in [0.717, 1.165) is 17.4 Å². The van der Waals surface area contributed by atoms with Gasteiger partial charge in [0.1, 0.15) is 16.3 Å². The van der Waals surface area contributed by atoms with Gasteiger partial charge in [-0.1, -0.05) is 11.6 Å². The molecule has 0 atom stereocenters. The van der Waals surface area contributed by atoms with Gasteiger partial charge in [0.05, 0.1) is 12.1 Å². The number of anilines is 1. The average molecular weight is 487 g/mol. The van der Waals surface area contributed by atoms with Gasteiger partial charge in [-0.3, -0.25) is 4.79 Å². The van der Waals surface area contributed by atoms with Crippen LogP contribution < -0.4 is 5.32 Å². The molecule has 13 heteroatoms. The highest BCUT2D eigenvalue weighted by Gasteiger charge is 2.23. The number of benzene rings is 1. The fraction of sp³-hybridized carbons (Fsp3) is 0.158. The summed E-state index contributed by atoms with van der Waals surface area (Å²) in [5.41, 5.74) is -1.96. The number of amides is 1. The van der Waals surface area contributed by atoms with Crippen LogP contribution in [-0.4, -0.2) is 33.6 Å². The van der Waals surface area contributed by atoms with E-state index >= 15 is 0 Å². The van der Waals surface area contributed by atoms with Crippen LogP contribution in [0.5, 0.6) is 0 Å². The Morgan fingerprint density at radius 2 is 1.91 bits per heavy atom. The molecule has 1 amide bonds. The van der Waals surface area contributed by atoms with Gasteiger partial charge in [-0.05, 0) is 24.3 Å². The molecular formula is C19H11ClF4N4O3S. The van der Waals surface area contributed by atoms with Crippen LogP contribution in [0.15, 0.2) is 30.3 Å². The lowest BCUT2D eigenvalue weighted by Crippen LogP contribution is -2.13. The summed E-state index contributed by atoms with van der Waals surface area (Å²) in [4.78, 5) is 28.2. The first-order valence-corrected chi connectivity index (χ1v) is 9.97. The van der Waals surface area contributed by atoms with Crippen LogP contribution in [-0.2, 0) is 4.74 Å². The number of carbonyl (C=O) groups is 2.